The molecule has 0 aromatic heterocycles. The molecule has 0 radical (unpaired) electrons. The zero-order chi connectivity index (χ0) is 14.7. The second kappa shape index (κ2) is 10.5. The molecule has 0 fully saturated rings. The van der Waals surface area contributed by atoms with Crippen LogP contribution in [0.25, 0.3) is 0 Å². The molecule has 1 N–H and O–H groups in total. The van der Waals surface area contributed by atoms with Gasteiger partial charge in [0.1, 0.15) is 0 Å². The van der Waals surface area contributed by atoms with Gasteiger partial charge in [0.15, 0.2) is 0 Å². The number of ether oxygens (including phenoxy) is 1. The summed E-state index contributed by atoms with van der Waals surface area (Å²) >= 11 is 0. The van der Waals surface area contributed by atoms with Gasteiger partial charge in [-0.3, -0.25) is 4.90 Å². The molecule has 0 aliphatic rings. The van der Waals surface area contributed by atoms with Crippen LogP contribution in [0.1, 0.15) is 33.6 Å². The smallest absolute Gasteiger partial charge is 0.382 e. The number of rotatable bonds is 11. The zero-order valence-electron chi connectivity index (χ0n) is 12.2. The third kappa shape index (κ3) is 11.2. The van der Waals surface area contributed by atoms with Crippen molar-refractivity contribution in [3.05, 3.63) is 0 Å². The third-order valence-corrected chi connectivity index (χ3v) is 2.80. The Kier molecular flexibility index (Phi) is 10.3. The molecule has 0 aromatic rings. The molecule has 3 nitrogen and oxygen atoms in total. The first-order valence-corrected chi connectivity index (χ1v) is 7.00. The second-order valence-electron chi connectivity index (χ2n) is 4.69. The predicted octanol–water partition coefficient (Wildman–Crippen LogP) is 2.67. The third-order valence-electron chi connectivity index (χ3n) is 2.80. The molecule has 0 bridgehead atoms. The number of nitrogens with zero attached hydrogens (tertiary/aromatic N) is 1. The summed E-state index contributed by atoms with van der Waals surface area (Å²) in [5.41, 5.74) is 0. The van der Waals surface area contributed by atoms with E-state index in [2.05, 4.69) is 5.32 Å². The summed E-state index contributed by atoms with van der Waals surface area (Å²) in [7, 11) is 0. The molecule has 1 atom stereocenters. The Labute approximate surface area is 114 Å². The Balaban J connectivity index is 3.87. The summed E-state index contributed by atoms with van der Waals surface area (Å²) < 4.78 is 42.5. The standard InChI is InChI=1S/C13H27F3N2O/c1-4-8-18(11-13(14,15)16)12(3)10-17-7-6-9-19-5-2/h12,17H,4-11H2,1-3H3. The summed E-state index contributed by atoms with van der Waals surface area (Å²) in [5, 5.41) is 3.18. The van der Waals surface area contributed by atoms with Crippen LogP contribution in [-0.4, -0.2) is 56.5 Å². The van der Waals surface area contributed by atoms with Gasteiger partial charge in [-0.1, -0.05) is 6.92 Å². The molecule has 0 heterocycles. The molecule has 0 amide bonds. The van der Waals surface area contributed by atoms with Crippen molar-refractivity contribution < 1.29 is 17.9 Å². The quantitative estimate of drug-likeness (QED) is 0.590. The van der Waals surface area contributed by atoms with Gasteiger partial charge in [0, 0.05) is 25.8 Å². The van der Waals surface area contributed by atoms with E-state index in [9.17, 15) is 13.2 Å². The van der Waals surface area contributed by atoms with E-state index in [0.717, 1.165) is 19.4 Å². The van der Waals surface area contributed by atoms with E-state index in [-0.39, 0.29) is 6.04 Å². The van der Waals surface area contributed by atoms with E-state index in [1.54, 1.807) is 0 Å². The summed E-state index contributed by atoms with van der Waals surface area (Å²) in [4.78, 5) is 1.48. The topological polar surface area (TPSA) is 24.5 Å². The first-order valence-electron chi connectivity index (χ1n) is 7.00. The lowest BCUT2D eigenvalue weighted by Crippen LogP contribution is -2.45. The lowest BCUT2D eigenvalue weighted by Gasteiger charge is -2.29. The molecule has 0 aliphatic heterocycles. The van der Waals surface area contributed by atoms with Gasteiger partial charge >= 0.3 is 6.18 Å². The zero-order valence-corrected chi connectivity index (χ0v) is 12.2. The van der Waals surface area contributed by atoms with Crippen molar-refractivity contribution >= 4 is 0 Å². The van der Waals surface area contributed by atoms with Crippen LogP contribution < -0.4 is 5.32 Å². The number of nitrogens with one attached hydrogen (secondary N) is 1. The van der Waals surface area contributed by atoms with Crippen LogP contribution in [0.3, 0.4) is 0 Å². The number of alkyl halides is 3. The van der Waals surface area contributed by atoms with E-state index in [0.29, 0.717) is 26.3 Å². The Morgan fingerprint density at radius 1 is 1.26 bits per heavy atom. The number of halogens is 3. The van der Waals surface area contributed by atoms with E-state index >= 15 is 0 Å². The van der Waals surface area contributed by atoms with Gasteiger partial charge in [-0.2, -0.15) is 13.2 Å². The van der Waals surface area contributed by atoms with Crippen LogP contribution in [0.15, 0.2) is 0 Å². The Bertz CT molecular complexity index is 213. The highest BCUT2D eigenvalue weighted by atomic mass is 19.4. The van der Waals surface area contributed by atoms with Crippen molar-refractivity contribution in [1.29, 1.82) is 0 Å². The Hall–Kier alpha value is -0.330. The van der Waals surface area contributed by atoms with Gasteiger partial charge in [0.25, 0.3) is 0 Å². The maximum atomic E-state index is 12.4. The molecule has 0 aliphatic carbocycles. The highest BCUT2D eigenvalue weighted by molar-refractivity contribution is 4.72. The Morgan fingerprint density at radius 3 is 2.47 bits per heavy atom. The van der Waals surface area contributed by atoms with Crippen LogP contribution >= 0.6 is 0 Å². The van der Waals surface area contributed by atoms with E-state index < -0.39 is 12.7 Å². The fourth-order valence-corrected chi connectivity index (χ4v) is 1.86. The monoisotopic (exact) mass is 284 g/mol. The molecule has 19 heavy (non-hydrogen) atoms. The summed E-state index contributed by atoms with van der Waals surface area (Å²) in [6, 6.07) is -0.117. The first-order chi connectivity index (χ1) is 8.90. The van der Waals surface area contributed by atoms with Gasteiger partial charge in [-0.05, 0) is 39.8 Å². The second-order valence-corrected chi connectivity index (χ2v) is 4.69. The number of hydrogen-bond donors (Lipinski definition) is 1. The minimum Gasteiger partial charge on any atom is -0.382 e. The molecular formula is C13H27F3N2O. The highest BCUT2D eigenvalue weighted by Gasteiger charge is 2.32. The van der Waals surface area contributed by atoms with Crippen molar-refractivity contribution in [2.45, 2.75) is 45.8 Å². The number of hydrogen-bond acceptors (Lipinski definition) is 3. The lowest BCUT2D eigenvalue weighted by molar-refractivity contribution is -0.150. The van der Waals surface area contributed by atoms with Crippen LogP contribution in [0.2, 0.25) is 0 Å². The molecule has 0 rings (SSSR count). The van der Waals surface area contributed by atoms with Crippen molar-refractivity contribution in [2.24, 2.45) is 0 Å². The SMILES string of the molecule is CCCN(CC(F)(F)F)C(C)CNCCCOCC. The molecule has 0 saturated heterocycles. The van der Waals surface area contributed by atoms with Gasteiger partial charge in [-0.15, -0.1) is 0 Å². The van der Waals surface area contributed by atoms with Crippen LogP contribution in [-0.2, 0) is 4.74 Å². The van der Waals surface area contributed by atoms with Crippen molar-refractivity contribution in [2.75, 3.05) is 39.4 Å². The molecule has 116 valence electrons. The van der Waals surface area contributed by atoms with Crippen molar-refractivity contribution in [3.8, 4) is 0 Å². The minimum absolute atomic E-state index is 0.117. The molecule has 1 unspecified atom stereocenters. The van der Waals surface area contributed by atoms with Gasteiger partial charge in [0.05, 0.1) is 6.54 Å². The average Bonchev–Trinajstić information content (AvgIpc) is 2.31. The van der Waals surface area contributed by atoms with E-state index in [4.69, 9.17) is 4.74 Å². The summed E-state index contributed by atoms with van der Waals surface area (Å²) in [5.74, 6) is 0. The molecular weight excluding hydrogens is 257 g/mol. The van der Waals surface area contributed by atoms with Crippen molar-refractivity contribution in [3.63, 3.8) is 0 Å². The van der Waals surface area contributed by atoms with Crippen LogP contribution in [0.4, 0.5) is 13.2 Å². The van der Waals surface area contributed by atoms with E-state index in [1.807, 2.05) is 20.8 Å². The summed E-state index contributed by atoms with van der Waals surface area (Å²) in [6.07, 6.45) is -2.52. The molecule has 0 spiro atoms. The highest BCUT2D eigenvalue weighted by Crippen LogP contribution is 2.18. The molecule has 6 heteroatoms. The van der Waals surface area contributed by atoms with E-state index in [1.165, 1.54) is 4.90 Å². The average molecular weight is 284 g/mol. The Morgan fingerprint density at radius 2 is 1.95 bits per heavy atom. The maximum absolute atomic E-state index is 12.4. The molecule has 0 saturated carbocycles. The summed E-state index contributed by atoms with van der Waals surface area (Å²) in [6.45, 7) is 8.05. The van der Waals surface area contributed by atoms with Gasteiger partial charge < -0.3 is 10.1 Å². The van der Waals surface area contributed by atoms with Crippen molar-refractivity contribution in [1.82, 2.24) is 10.2 Å². The van der Waals surface area contributed by atoms with Gasteiger partial charge in [0.2, 0.25) is 0 Å². The predicted molar refractivity (Wildman–Crippen MR) is 71.4 cm³/mol. The first kappa shape index (κ1) is 18.7. The largest absolute Gasteiger partial charge is 0.401 e. The fourth-order valence-electron chi connectivity index (χ4n) is 1.86. The maximum Gasteiger partial charge on any atom is 0.401 e. The van der Waals surface area contributed by atoms with Gasteiger partial charge in [-0.25, -0.2) is 0 Å². The van der Waals surface area contributed by atoms with Crippen LogP contribution in [0, 0.1) is 0 Å². The van der Waals surface area contributed by atoms with Crippen LogP contribution in [0.5, 0.6) is 0 Å². The fraction of sp³-hybridized carbons (Fsp3) is 1.00. The normalized spacial score (nSPS) is 14.1. The lowest BCUT2D eigenvalue weighted by atomic mass is 10.2. The molecule has 0 aromatic carbocycles. The minimum atomic E-state index is -4.13.